The van der Waals surface area contributed by atoms with Crippen LogP contribution in [0.5, 0.6) is 5.75 Å². The molecule has 20 heavy (non-hydrogen) atoms. The number of anilines is 1. The fourth-order valence-corrected chi connectivity index (χ4v) is 1.49. The van der Waals surface area contributed by atoms with Crippen molar-refractivity contribution >= 4 is 11.6 Å². The Morgan fingerprint density at radius 2 is 2.05 bits per heavy atom. The number of ether oxygens (including phenoxy) is 1. The number of aryl methyl sites for hydroxylation is 1. The number of carbonyl (C=O) groups is 1. The molecule has 0 aliphatic rings. The molecule has 0 unspecified atom stereocenters. The summed E-state index contributed by atoms with van der Waals surface area (Å²) in [6, 6.07) is 5.46. The number of hydrogen-bond donors (Lipinski definition) is 2. The minimum absolute atomic E-state index is 0.429. The van der Waals surface area contributed by atoms with E-state index in [1.807, 2.05) is 38.1 Å². The van der Waals surface area contributed by atoms with Crippen LogP contribution in [0.4, 0.5) is 5.69 Å². The first-order chi connectivity index (χ1) is 9.20. The Hall–Kier alpha value is -1.59. The monoisotopic (exact) mass is 280 g/mol. The zero-order valence-electron chi connectivity index (χ0n) is 12.9. The Morgan fingerprint density at radius 3 is 2.55 bits per heavy atom. The van der Waals surface area contributed by atoms with Crippen LogP contribution in [0.15, 0.2) is 18.2 Å². The highest BCUT2D eigenvalue weighted by Crippen LogP contribution is 2.22. The molecule has 0 fully saturated rings. The van der Waals surface area contributed by atoms with E-state index in [2.05, 4.69) is 5.32 Å². The van der Waals surface area contributed by atoms with Crippen LogP contribution in [-0.4, -0.2) is 48.8 Å². The van der Waals surface area contributed by atoms with Gasteiger partial charge in [-0.3, -0.25) is 4.79 Å². The number of amides is 1. The lowest BCUT2D eigenvalue weighted by Crippen LogP contribution is -2.36. The molecule has 0 aliphatic heterocycles. The van der Waals surface area contributed by atoms with E-state index in [0.29, 0.717) is 12.3 Å². The van der Waals surface area contributed by atoms with Crippen LogP contribution in [0.25, 0.3) is 0 Å². The second kappa shape index (κ2) is 6.72. The summed E-state index contributed by atoms with van der Waals surface area (Å²) in [5.74, 6) is 0.340. The van der Waals surface area contributed by atoms with E-state index in [0.717, 1.165) is 17.9 Å². The molecule has 0 saturated carbocycles. The number of likely N-dealkylation sites (N-methyl/N-ethyl adjacent to an activating group) is 1. The Kier molecular flexibility index (Phi) is 5.53. The van der Waals surface area contributed by atoms with Gasteiger partial charge in [0.25, 0.3) is 5.91 Å². The van der Waals surface area contributed by atoms with Gasteiger partial charge in [0, 0.05) is 12.2 Å². The molecule has 0 bridgehead atoms. The second-order valence-corrected chi connectivity index (χ2v) is 5.64. The van der Waals surface area contributed by atoms with Crippen molar-refractivity contribution in [3.05, 3.63) is 23.8 Å². The maximum Gasteiger partial charge on any atom is 0.255 e. The Labute approximate surface area is 120 Å². The molecule has 112 valence electrons. The third kappa shape index (κ3) is 5.19. The fraction of sp³-hybridized carbons (Fsp3) is 0.533. The minimum atomic E-state index is -1.40. The number of nitrogens with one attached hydrogen (secondary N) is 1. The van der Waals surface area contributed by atoms with E-state index < -0.39 is 11.5 Å². The van der Waals surface area contributed by atoms with Crippen molar-refractivity contribution in [2.24, 2.45) is 0 Å². The van der Waals surface area contributed by atoms with Crippen LogP contribution in [0, 0.1) is 6.92 Å². The van der Waals surface area contributed by atoms with Crippen molar-refractivity contribution in [2.45, 2.75) is 26.4 Å². The van der Waals surface area contributed by atoms with Crippen LogP contribution >= 0.6 is 0 Å². The molecule has 0 spiro atoms. The summed E-state index contributed by atoms with van der Waals surface area (Å²) in [6.07, 6.45) is 0. The summed E-state index contributed by atoms with van der Waals surface area (Å²) in [4.78, 5) is 13.8. The van der Waals surface area contributed by atoms with Crippen molar-refractivity contribution in [1.29, 1.82) is 0 Å². The van der Waals surface area contributed by atoms with Gasteiger partial charge < -0.3 is 20.1 Å². The fourth-order valence-electron chi connectivity index (χ4n) is 1.49. The van der Waals surface area contributed by atoms with Gasteiger partial charge in [0.2, 0.25) is 0 Å². The van der Waals surface area contributed by atoms with Crippen LogP contribution < -0.4 is 10.1 Å². The lowest BCUT2D eigenvalue weighted by molar-refractivity contribution is -0.130. The number of carbonyl (C=O) groups excluding carboxylic acids is 1. The van der Waals surface area contributed by atoms with Crippen molar-refractivity contribution in [1.82, 2.24) is 4.90 Å². The molecule has 0 atom stereocenters. The van der Waals surface area contributed by atoms with Crippen molar-refractivity contribution < 1.29 is 14.6 Å². The highest BCUT2D eigenvalue weighted by atomic mass is 16.5. The summed E-state index contributed by atoms with van der Waals surface area (Å²) < 4.78 is 5.62. The molecule has 0 radical (unpaired) electrons. The molecule has 0 aromatic heterocycles. The third-order valence-electron chi connectivity index (χ3n) is 2.81. The lowest BCUT2D eigenvalue weighted by Gasteiger charge is -2.18. The molecular formula is C15H24N2O3. The first kappa shape index (κ1) is 16.5. The third-order valence-corrected chi connectivity index (χ3v) is 2.81. The lowest BCUT2D eigenvalue weighted by atomic mass is 10.1. The Morgan fingerprint density at radius 1 is 1.40 bits per heavy atom. The average Bonchev–Trinajstić information content (AvgIpc) is 2.30. The largest absolute Gasteiger partial charge is 0.492 e. The number of aliphatic hydroxyl groups is 1. The number of rotatable bonds is 6. The summed E-state index contributed by atoms with van der Waals surface area (Å²) in [6.45, 7) is 6.25. The first-order valence-electron chi connectivity index (χ1n) is 6.62. The average molecular weight is 280 g/mol. The van der Waals surface area contributed by atoms with Crippen LogP contribution in [0.3, 0.4) is 0 Å². The minimum Gasteiger partial charge on any atom is -0.492 e. The van der Waals surface area contributed by atoms with Gasteiger partial charge in [-0.25, -0.2) is 0 Å². The van der Waals surface area contributed by atoms with Crippen molar-refractivity contribution in [2.75, 3.05) is 32.6 Å². The van der Waals surface area contributed by atoms with E-state index in [1.165, 1.54) is 13.8 Å². The smallest absolute Gasteiger partial charge is 0.255 e. The van der Waals surface area contributed by atoms with Crippen LogP contribution in [0.2, 0.25) is 0 Å². The van der Waals surface area contributed by atoms with Gasteiger partial charge in [-0.2, -0.15) is 0 Å². The Bertz CT molecular complexity index is 465. The predicted molar refractivity (Wildman–Crippen MR) is 80.2 cm³/mol. The van der Waals surface area contributed by atoms with Crippen LogP contribution in [-0.2, 0) is 4.79 Å². The molecule has 0 heterocycles. The molecule has 0 aliphatic carbocycles. The molecule has 1 amide bonds. The van der Waals surface area contributed by atoms with E-state index in [-0.39, 0.29) is 0 Å². The zero-order chi connectivity index (χ0) is 15.3. The van der Waals surface area contributed by atoms with Crippen LogP contribution in [0.1, 0.15) is 19.4 Å². The van der Waals surface area contributed by atoms with E-state index in [4.69, 9.17) is 4.74 Å². The van der Waals surface area contributed by atoms with Crippen molar-refractivity contribution in [3.63, 3.8) is 0 Å². The quantitative estimate of drug-likeness (QED) is 0.831. The maximum atomic E-state index is 11.7. The number of benzene rings is 1. The van der Waals surface area contributed by atoms with E-state index >= 15 is 0 Å². The van der Waals surface area contributed by atoms with Gasteiger partial charge in [-0.05, 0) is 58.6 Å². The highest BCUT2D eigenvalue weighted by Gasteiger charge is 2.24. The first-order valence-corrected chi connectivity index (χ1v) is 6.62. The molecule has 0 saturated heterocycles. The van der Waals surface area contributed by atoms with Gasteiger partial charge in [0.1, 0.15) is 18.0 Å². The highest BCUT2D eigenvalue weighted by molar-refractivity contribution is 5.97. The standard InChI is InChI=1S/C15H24N2O3/c1-11-10-12(20-9-8-17(4)5)6-7-13(11)16-14(18)15(2,3)19/h6-7,10,19H,8-9H2,1-5H3,(H,16,18). The van der Waals surface area contributed by atoms with Gasteiger partial charge in [0.15, 0.2) is 0 Å². The van der Waals surface area contributed by atoms with Gasteiger partial charge >= 0.3 is 0 Å². The maximum absolute atomic E-state index is 11.7. The SMILES string of the molecule is Cc1cc(OCCN(C)C)ccc1NC(=O)C(C)(C)O. The number of hydrogen-bond acceptors (Lipinski definition) is 4. The summed E-state index contributed by atoms with van der Waals surface area (Å²) in [5, 5.41) is 12.3. The molecule has 2 N–H and O–H groups in total. The molecule has 5 heteroatoms. The molecule has 1 aromatic rings. The van der Waals surface area contributed by atoms with Gasteiger partial charge in [-0.1, -0.05) is 0 Å². The second-order valence-electron chi connectivity index (χ2n) is 5.64. The molecule has 1 aromatic carbocycles. The molecule has 5 nitrogen and oxygen atoms in total. The Balaban J connectivity index is 2.66. The summed E-state index contributed by atoms with van der Waals surface area (Å²) in [5.41, 5.74) is 0.176. The number of nitrogens with zero attached hydrogens (tertiary/aromatic N) is 1. The normalized spacial score (nSPS) is 11.6. The van der Waals surface area contributed by atoms with Gasteiger partial charge in [-0.15, -0.1) is 0 Å². The zero-order valence-corrected chi connectivity index (χ0v) is 12.9. The van der Waals surface area contributed by atoms with Crippen molar-refractivity contribution in [3.8, 4) is 5.75 Å². The van der Waals surface area contributed by atoms with Gasteiger partial charge in [0.05, 0.1) is 0 Å². The predicted octanol–water partition coefficient (Wildman–Crippen LogP) is 1.64. The van der Waals surface area contributed by atoms with E-state index in [9.17, 15) is 9.90 Å². The van der Waals surface area contributed by atoms with E-state index in [1.54, 1.807) is 6.07 Å². The topological polar surface area (TPSA) is 61.8 Å². The molecule has 1 rings (SSSR count). The molecular weight excluding hydrogens is 256 g/mol. The summed E-state index contributed by atoms with van der Waals surface area (Å²) >= 11 is 0. The summed E-state index contributed by atoms with van der Waals surface area (Å²) in [7, 11) is 3.98.